The van der Waals surface area contributed by atoms with Crippen LogP contribution in [0.3, 0.4) is 0 Å². The summed E-state index contributed by atoms with van der Waals surface area (Å²) in [4.78, 5) is 24.8. The molecule has 3 N–H and O–H groups in total. The number of anilines is 2. The average molecular weight is 368 g/mol. The van der Waals surface area contributed by atoms with Gasteiger partial charge in [-0.15, -0.1) is 0 Å². The van der Waals surface area contributed by atoms with E-state index in [4.69, 9.17) is 21.4 Å². The quantitative estimate of drug-likeness (QED) is 0.565. The number of halogens is 4. The minimum Gasteiger partial charge on any atom is -0.324 e. The molecule has 23 heavy (non-hydrogen) atoms. The van der Waals surface area contributed by atoms with Crippen molar-refractivity contribution in [3.63, 3.8) is 0 Å². The zero-order chi connectivity index (χ0) is 17.3. The maximum Gasteiger partial charge on any atom is 0.420 e. The Morgan fingerprint density at radius 2 is 1.83 bits per heavy atom. The van der Waals surface area contributed by atoms with Crippen LogP contribution >= 0.6 is 19.2 Å². The van der Waals surface area contributed by atoms with E-state index in [0.717, 1.165) is 0 Å². The van der Waals surface area contributed by atoms with Crippen LogP contribution in [0.5, 0.6) is 0 Å². The first-order valence-corrected chi connectivity index (χ1v) is 8.22. The smallest absolute Gasteiger partial charge is 0.324 e. The van der Waals surface area contributed by atoms with Gasteiger partial charge in [-0.3, -0.25) is 4.57 Å². The van der Waals surface area contributed by atoms with E-state index in [-0.39, 0.29) is 5.95 Å². The highest BCUT2D eigenvalue weighted by atomic mass is 35.5. The number of nitrogens with one attached hydrogen (secondary N) is 1. The van der Waals surface area contributed by atoms with E-state index in [2.05, 4.69) is 15.3 Å². The van der Waals surface area contributed by atoms with Crippen molar-refractivity contribution in [1.82, 2.24) is 9.97 Å². The van der Waals surface area contributed by atoms with Gasteiger partial charge in [0.05, 0.1) is 6.16 Å². The van der Waals surface area contributed by atoms with Gasteiger partial charge in [0, 0.05) is 11.9 Å². The number of aromatic nitrogens is 2. The molecular weight excluding hydrogens is 358 g/mol. The molecule has 2 aromatic rings. The van der Waals surface area contributed by atoms with E-state index in [9.17, 15) is 17.7 Å². The summed E-state index contributed by atoms with van der Waals surface area (Å²) in [5.74, 6) is -0.134. The maximum absolute atomic E-state index is 12.5. The molecule has 0 fully saturated rings. The summed E-state index contributed by atoms with van der Waals surface area (Å²) in [5, 5.41) is 1.92. The van der Waals surface area contributed by atoms with Crippen molar-refractivity contribution in [1.29, 1.82) is 0 Å². The molecule has 0 radical (unpaired) electrons. The molecule has 0 unspecified atom stereocenters. The third kappa shape index (κ3) is 5.18. The first kappa shape index (κ1) is 17.7. The fourth-order valence-electron chi connectivity index (χ4n) is 1.67. The summed E-state index contributed by atoms with van der Waals surface area (Å²) in [7, 11) is -4.17. The molecule has 0 spiro atoms. The summed E-state index contributed by atoms with van der Waals surface area (Å²) < 4.78 is 48.5. The van der Waals surface area contributed by atoms with Crippen LogP contribution in [0.1, 0.15) is 11.1 Å². The number of hydrogen-bond acceptors (Lipinski definition) is 4. The van der Waals surface area contributed by atoms with Crippen molar-refractivity contribution in [2.45, 2.75) is 12.3 Å². The SMILES string of the molecule is O=P(O)(O)Cc1ccc(Nc2ncc(C(F)(F)F)c(Cl)n2)cc1. The lowest BCUT2D eigenvalue weighted by Crippen LogP contribution is -2.09. The molecule has 124 valence electrons. The van der Waals surface area contributed by atoms with Crippen molar-refractivity contribution in [2.24, 2.45) is 0 Å². The van der Waals surface area contributed by atoms with Crippen LogP contribution in [0.2, 0.25) is 5.15 Å². The van der Waals surface area contributed by atoms with Gasteiger partial charge in [0.1, 0.15) is 10.7 Å². The van der Waals surface area contributed by atoms with Gasteiger partial charge in [-0.25, -0.2) is 9.97 Å². The first-order valence-electron chi connectivity index (χ1n) is 6.05. The van der Waals surface area contributed by atoms with E-state index in [0.29, 0.717) is 17.4 Å². The second-order valence-electron chi connectivity index (χ2n) is 4.54. The van der Waals surface area contributed by atoms with Crippen molar-refractivity contribution < 1.29 is 27.5 Å². The van der Waals surface area contributed by atoms with Crippen LogP contribution in [0.4, 0.5) is 24.8 Å². The van der Waals surface area contributed by atoms with Crippen LogP contribution < -0.4 is 5.32 Å². The summed E-state index contributed by atoms with van der Waals surface area (Å²) in [5.41, 5.74) is -0.299. The Balaban J connectivity index is 2.14. The Kier molecular flexibility index (Phi) is 4.95. The molecule has 0 atom stereocenters. The van der Waals surface area contributed by atoms with Crippen LogP contribution in [-0.4, -0.2) is 19.8 Å². The monoisotopic (exact) mass is 367 g/mol. The highest BCUT2D eigenvalue weighted by Crippen LogP contribution is 2.39. The lowest BCUT2D eigenvalue weighted by Gasteiger charge is -2.10. The largest absolute Gasteiger partial charge is 0.420 e. The Morgan fingerprint density at radius 1 is 1.22 bits per heavy atom. The van der Waals surface area contributed by atoms with Crippen LogP contribution in [0.25, 0.3) is 0 Å². The van der Waals surface area contributed by atoms with Crippen molar-refractivity contribution >= 4 is 30.8 Å². The average Bonchev–Trinajstić information content (AvgIpc) is 2.38. The fraction of sp³-hybridized carbons (Fsp3) is 0.167. The molecule has 0 saturated carbocycles. The minimum absolute atomic E-state index is 0.134. The first-order chi connectivity index (χ1) is 10.5. The third-order valence-electron chi connectivity index (χ3n) is 2.65. The third-order valence-corrected chi connectivity index (χ3v) is 3.71. The molecule has 0 bridgehead atoms. The topological polar surface area (TPSA) is 95.3 Å². The van der Waals surface area contributed by atoms with Crippen LogP contribution in [-0.2, 0) is 16.9 Å². The Labute approximate surface area is 133 Å². The molecular formula is C12H10ClF3N3O3P. The van der Waals surface area contributed by atoms with Crippen LogP contribution in [0, 0.1) is 0 Å². The molecule has 0 amide bonds. The molecule has 11 heteroatoms. The molecule has 0 aliphatic heterocycles. The normalized spacial score (nSPS) is 12.3. The van der Waals surface area contributed by atoms with E-state index in [1.54, 1.807) is 0 Å². The molecule has 1 aromatic heterocycles. The zero-order valence-electron chi connectivity index (χ0n) is 11.3. The lowest BCUT2D eigenvalue weighted by molar-refractivity contribution is -0.137. The summed E-state index contributed by atoms with van der Waals surface area (Å²) in [6.07, 6.45) is -4.48. The van der Waals surface area contributed by atoms with E-state index in [1.165, 1.54) is 24.3 Å². The van der Waals surface area contributed by atoms with Crippen molar-refractivity contribution in [3.05, 3.63) is 46.7 Å². The molecule has 0 aliphatic rings. The predicted octanol–water partition coefficient (Wildman–Crippen LogP) is 3.57. The number of benzene rings is 1. The fourth-order valence-corrected chi connectivity index (χ4v) is 2.59. The van der Waals surface area contributed by atoms with Gasteiger partial charge in [-0.2, -0.15) is 13.2 Å². The summed E-state index contributed by atoms with van der Waals surface area (Å²) in [6.45, 7) is 0. The molecule has 1 aromatic carbocycles. The number of alkyl halides is 3. The Morgan fingerprint density at radius 3 is 2.30 bits per heavy atom. The minimum atomic E-state index is -4.64. The van der Waals surface area contributed by atoms with E-state index >= 15 is 0 Å². The molecule has 2 rings (SSSR count). The van der Waals surface area contributed by atoms with Gasteiger partial charge >= 0.3 is 13.8 Å². The van der Waals surface area contributed by atoms with E-state index in [1.807, 2.05) is 0 Å². The Bertz CT molecular complexity index is 749. The maximum atomic E-state index is 12.5. The highest BCUT2D eigenvalue weighted by Gasteiger charge is 2.34. The molecule has 0 aliphatic carbocycles. The standard InChI is InChI=1S/C12H10ClF3N3O3P/c13-10-9(12(14,15)16)5-17-11(19-10)18-8-3-1-7(2-4-8)6-23(20,21)22/h1-5H,6H2,(H,17,18,19)(H2,20,21,22). The Hall–Kier alpha value is -1.67. The molecule has 1 heterocycles. The summed E-state index contributed by atoms with van der Waals surface area (Å²) >= 11 is 5.48. The zero-order valence-corrected chi connectivity index (χ0v) is 12.9. The second kappa shape index (κ2) is 6.45. The summed E-state index contributed by atoms with van der Waals surface area (Å²) in [6, 6.07) is 5.90. The van der Waals surface area contributed by atoms with E-state index < -0.39 is 30.7 Å². The van der Waals surface area contributed by atoms with Gasteiger partial charge in [-0.1, -0.05) is 23.7 Å². The van der Waals surface area contributed by atoms with Gasteiger partial charge in [0.2, 0.25) is 5.95 Å². The van der Waals surface area contributed by atoms with Gasteiger partial charge < -0.3 is 15.1 Å². The van der Waals surface area contributed by atoms with Crippen molar-refractivity contribution in [3.8, 4) is 0 Å². The lowest BCUT2D eigenvalue weighted by atomic mass is 10.2. The molecule has 6 nitrogen and oxygen atoms in total. The second-order valence-corrected chi connectivity index (χ2v) is 6.54. The predicted molar refractivity (Wildman–Crippen MR) is 77.5 cm³/mol. The number of hydrogen-bond donors (Lipinski definition) is 3. The van der Waals surface area contributed by atoms with Gasteiger partial charge in [-0.05, 0) is 17.7 Å². The number of rotatable bonds is 4. The van der Waals surface area contributed by atoms with Crippen LogP contribution in [0.15, 0.2) is 30.5 Å². The van der Waals surface area contributed by atoms with Gasteiger partial charge in [0.15, 0.2) is 0 Å². The number of nitrogens with zero attached hydrogens (tertiary/aromatic N) is 2. The van der Waals surface area contributed by atoms with Crippen molar-refractivity contribution in [2.75, 3.05) is 5.32 Å². The highest BCUT2D eigenvalue weighted by molar-refractivity contribution is 7.50. The van der Waals surface area contributed by atoms with Gasteiger partial charge in [0.25, 0.3) is 0 Å². The molecule has 0 saturated heterocycles.